The van der Waals surface area contributed by atoms with Crippen molar-refractivity contribution in [3.63, 3.8) is 0 Å². The number of nitrogens with zero attached hydrogens (tertiary/aromatic N) is 2. The van der Waals surface area contributed by atoms with Crippen LogP contribution in [-0.4, -0.2) is 43.5 Å². The van der Waals surface area contributed by atoms with Crippen LogP contribution in [0, 0.1) is 17.0 Å². The Bertz CT molecular complexity index is 509. The predicted octanol–water partition coefficient (Wildman–Crippen LogP) is 2.17. The Morgan fingerprint density at radius 2 is 1.95 bits per heavy atom. The Hall–Kier alpha value is -1.69. The van der Waals surface area contributed by atoms with Crippen LogP contribution in [0.25, 0.3) is 0 Å². The smallest absolute Gasteiger partial charge is 0.150 e. The zero-order valence-electron chi connectivity index (χ0n) is 12.5. The highest BCUT2D eigenvalue weighted by atomic mass is 19.1. The third-order valence-corrected chi connectivity index (χ3v) is 3.99. The summed E-state index contributed by atoms with van der Waals surface area (Å²) in [4.78, 5) is 4.01. The Kier molecular flexibility index (Phi) is 4.77. The fourth-order valence-corrected chi connectivity index (χ4v) is 2.88. The number of nitrogens with one attached hydrogen (secondary N) is 1. The maximum atomic E-state index is 14.3. The molecule has 2 rings (SSSR count). The summed E-state index contributed by atoms with van der Waals surface area (Å²) in [6.07, 6.45) is 1.68. The first-order chi connectivity index (χ1) is 9.93. The molecule has 1 atom stereocenters. The van der Waals surface area contributed by atoms with Crippen molar-refractivity contribution in [1.29, 1.82) is 5.41 Å². The third-order valence-electron chi connectivity index (χ3n) is 3.99. The summed E-state index contributed by atoms with van der Waals surface area (Å²) in [5, 5.41) is 7.31. The second kappa shape index (κ2) is 6.39. The highest BCUT2D eigenvalue weighted by Gasteiger charge is 2.27. The van der Waals surface area contributed by atoms with Crippen molar-refractivity contribution < 1.29 is 8.78 Å². The molecule has 1 heterocycles. The van der Waals surface area contributed by atoms with Crippen LogP contribution in [0.2, 0.25) is 0 Å². The maximum absolute atomic E-state index is 14.3. The molecule has 0 saturated carbocycles. The molecule has 1 unspecified atom stereocenters. The summed E-state index contributed by atoms with van der Waals surface area (Å²) in [5.74, 6) is -1.63. The first-order valence-corrected chi connectivity index (χ1v) is 7.22. The van der Waals surface area contributed by atoms with E-state index < -0.39 is 11.6 Å². The fraction of sp³-hybridized carbons (Fsp3) is 0.533. The third kappa shape index (κ3) is 3.32. The van der Waals surface area contributed by atoms with E-state index in [1.54, 1.807) is 0 Å². The van der Waals surface area contributed by atoms with Gasteiger partial charge in [-0.3, -0.25) is 5.41 Å². The van der Waals surface area contributed by atoms with Crippen LogP contribution in [0.15, 0.2) is 12.1 Å². The minimum Gasteiger partial charge on any atom is -0.384 e. The van der Waals surface area contributed by atoms with E-state index in [9.17, 15) is 8.78 Å². The van der Waals surface area contributed by atoms with Crippen molar-refractivity contribution in [1.82, 2.24) is 4.90 Å². The van der Waals surface area contributed by atoms with Gasteiger partial charge in [-0.2, -0.15) is 0 Å². The maximum Gasteiger partial charge on any atom is 0.150 e. The van der Waals surface area contributed by atoms with Crippen molar-refractivity contribution in [2.75, 3.05) is 31.6 Å². The van der Waals surface area contributed by atoms with Gasteiger partial charge in [0.1, 0.15) is 23.2 Å². The highest BCUT2D eigenvalue weighted by molar-refractivity contribution is 5.95. The lowest BCUT2D eigenvalue weighted by Gasteiger charge is -2.32. The van der Waals surface area contributed by atoms with Crippen LogP contribution in [-0.2, 0) is 0 Å². The van der Waals surface area contributed by atoms with Gasteiger partial charge in [-0.25, -0.2) is 8.78 Å². The van der Waals surface area contributed by atoms with E-state index in [4.69, 9.17) is 11.1 Å². The van der Waals surface area contributed by atoms with Gasteiger partial charge in [0, 0.05) is 24.7 Å². The second-order valence-corrected chi connectivity index (χ2v) is 5.57. The number of benzene rings is 1. The molecule has 0 spiro atoms. The first-order valence-electron chi connectivity index (χ1n) is 7.22. The Labute approximate surface area is 124 Å². The lowest BCUT2D eigenvalue weighted by atomic mass is 10.1. The lowest BCUT2D eigenvalue weighted by Crippen LogP contribution is -2.40. The number of hydrogen-bond donors (Lipinski definition) is 2. The number of halogens is 2. The van der Waals surface area contributed by atoms with Crippen molar-refractivity contribution in [3.05, 3.63) is 29.3 Å². The largest absolute Gasteiger partial charge is 0.384 e. The van der Waals surface area contributed by atoms with Crippen LogP contribution in [0.1, 0.15) is 25.3 Å². The standard InChI is InChI=1S/C15H22F2N4/c1-3-11-9-20(2)5-4-6-21(11)14-12(16)7-10(15(18)19)8-13(14)17/h7-8,11H,3-6,9H2,1-2H3,(H3,18,19). The quantitative estimate of drug-likeness (QED) is 0.664. The molecule has 116 valence electrons. The summed E-state index contributed by atoms with van der Waals surface area (Å²) in [7, 11) is 2.03. The van der Waals surface area contributed by atoms with Gasteiger partial charge < -0.3 is 15.5 Å². The molecule has 3 N–H and O–H groups in total. The normalized spacial score (nSPS) is 20.4. The molecular weight excluding hydrogens is 274 g/mol. The van der Waals surface area contributed by atoms with Crippen LogP contribution < -0.4 is 10.6 Å². The Morgan fingerprint density at radius 3 is 2.48 bits per heavy atom. The molecule has 0 aliphatic carbocycles. The van der Waals surface area contributed by atoms with Gasteiger partial charge in [-0.15, -0.1) is 0 Å². The van der Waals surface area contributed by atoms with Crippen LogP contribution in [0.5, 0.6) is 0 Å². The minimum atomic E-state index is -0.650. The van der Waals surface area contributed by atoms with Crippen molar-refractivity contribution in [2.24, 2.45) is 5.73 Å². The van der Waals surface area contributed by atoms with Gasteiger partial charge in [-0.1, -0.05) is 6.92 Å². The number of anilines is 1. The molecule has 1 aliphatic heterocycles. The number of likely N-dealkylation sites (N-methyl/N-ethyl adjacent to an activating group) is 1. The molecule has 0 radical (unpaired) electrons. The molecule has 1 fully saturated rings. The lowest BCUT2D eigenvalue weighted by molar-refractivity contribution is 0.327. The van der Waals surface area contributed by atoms with E-state index in [1.807, 2.05) is 18.9 Å². The van der Waals surface area contributed by atoms with E-state index in [1.165, 1.54) is 0 Å². The highest BCUT2D eigenvalue weighted by Crippen LogP contribution is 2.29. The number of nitrogen functional groups attached to an aromatic ring is 1. The van der Waals surface area contributed by atoms with Gasteiger partial charge in [-0.05, 0) is 38.6 Å². The van der Waals surface area contributed by atoms with E-state index in [0.29, 0.717) is 6.54 Å². The number of amidine groups is 1. The van der Waals surface area contributed by atoms with E-state index in [0.717, 1.165) is 38.1 Å². The minimum absolute atomic E-state index is 0.00199. The monoisotopic (exact) mass is 296 g/mol. The molecule has 4 nitrogen and oxygen atoms in total. The second-order valence-electron chi connectivity index (χ2n) is 5.57. The zero-order valence-corrected chi connectivity index (χ0v) is 12.5. The molecule has 0 bridgehead atoms. The summed E-state index contributed by atoms with van der Waals surface area (Å²) in [5.41, 5.74) is 5.39. The van der Waals surface area contributed by atoms with Gasteiger partial charge in [0.2, 0.25) is 0 Å². The number of rotatable bonds is 3. The van der Waals surface area contributed by atoms with Crippen molar-refractivity contribution >= 4 is 11.5 Å². The topological polar surface area (TPSA) is 56.4 Å². The Balaban J connectivity index is 2.41. The van der Waals surface area contributed by atoms with Crippen LogP contribution in [0.4, 0.5) is 14.5 Å². The summed E-state index contributed by atoms with van der Waals surface area (Å²) < 4.78 is 28.7. The van der Waals surface area contributed by atoms with Crippen LogP contribution >= 0.6 is 0 Å². The summed E-state index contributed by atoms with van der Waals surface area (Å²) in [6.45, 7) is 4.35. The van der Waals surface area contributed by atoms with Gasteiger partial charge in [0.15, 0.2) is 0 Å². The molecule has 1 saturated heterocycles. The molecule has 1 aromatic rings. The van der Waals surface area contributed by atoms with Crippen molar-refractivity contribution in [2.45, 2.75) is 25.8 Å². The van der Waals surface area contributed by atoms with E-state index >= 15 is 0 Å². The average Bonchev–Trinajstić information content (AvgIpc) is 2.59. The fourth-order valence-electron chi connectivity index (χ4n) is 2.88. The van der Waals surface area contributed by atoms with E-state index in [-0.39, 0.29) is 23.1 Å². The molecule has 6 heteroatoms. The van der Waals surface area contributed by atoms with Crippen LogP contribution in [0.3, 0.4) is 0 Å². The van der Waals surface area contributed by atoms with Gasteiger partial charge in [0.05, 0.1) is 0 Å². The zero-order chi connectivity index (χ0) is 15.6. The summed E-state index contributed by atoms with van der Waals surface area (Å²) in [6, 6.07) is 2.36. The van der Waals surface area contributed by atoms with Gasteiger partial charge in [0.25, 0.3) is 0 Å². The molecule has 1 aromatic carbocycles. The number of hydrogen-bond acceptors (Lipinski definition) is 3. The molecule has 21 heavy (non-hydrogen) atoms. The van der Waals surface area contributed by atoms with E-state index in [2.05, 4.69) is 4.90 Å². The predicted molar refractivity (Wildman–Crippen MR) is 80.9 cm³/mol. The van der Waals surface area contributed by atoms with Gasteiger partial charge >= 0.3 is 0 Å². The van der Waals surface area contributed by atoms with Crippen molar-refractivity contribution in [3.8, 4) is 0 Å². The first kappa shape index (κ1) is 15.7. The average molecular weight is 296 g/mol. The SMILES string of the molecule is CCC1CN(C)CCCN1c1c(F)cc(C(=N)N)cc1F. The molecule has 0 amide bonds. The molecule has 1 aliphatic rings. The Morgan fingerprint density at radius 1 is 1.33 bits per heavy atom. The number of nitrogens with two attached hydrogens (primary N) is 1. The summed E-state index contributed by atoms with van der Waals surface area (Å²) >= 11 is 0. The molecular formula is C15H22F2N4. The molecule has 0 aromatic heterocycles.